The number of benzene rings is 1. The Hall–Kier alpha value is -1.84. The fourth-order valence-corrected chi connectivity index (χ4v) is 2.19. The zero-order chi connectivity index (χ0) is 14.6. The molecule has 1 unspecified atom stereocenters. The predicted octanol–water partition coefficient (Wildman–Crippen LogP) is 2.34. The van der Waals surface area contributed by atoms with Crippen LogP contribution in [0.4, 0.5) is 0 Å². The minimum absolute atomic E-state index is 0.141. The van der Waals surface area contributed by atoms with Crippen molar-refractivity contribution in [2.75, 3.05) is 0 Å². The van der Waals surface area contributed by atoms with Crippen LogP contribution in [0.25, 0.3) is 0 Å². The molecule has 2 N–H and O–H groups in total. The maximum Gasteiger partial charge on any atom is 0.304 e. The van der Waals surface area contributed by atoms with Gasteiger partial charge in [-0.15, -0.1) is 0 Å². The van der Waals surface area contributed by atoms with E-state index in [9.17, 15) is 9.59 Å². The zero-order valence-electron chi connectivity index (χ0n) is 11.9. The van der Waals surface area contributed by atoms with Crippen LogP contribution in [-0.4, -0.2) is 17.0 Å². The van der Waals surface area contributed by atoms with E-state index in [2.05, 4.69) is 17.4 Å². The summed E-state index contributed by atoms with van der Waals surface area (Å²) in [6, 6.07) is 4.16. The van der Waals surface area contributed by atoms with E-state index in [0.29, 0.717) is 6.54 Å². The van der Waals surface area contributed by atoms with Crippen molar-refractivity contribution in [2.45, 2.75) is 40.7 Å². The van der Waals surface area contributed by atoms with Crippen molar-refractivity contribution in [3.63, 3.8) is 0 Å². The minimum atomic E-state index is -0.953. The van der Waals surface area contributed by atoms with Gasteiger partial charge >= 0.3 is 5.97 Å². The molecule has 104 valence electrons. The van der Waals surface area contributed by atoms with Crippen molar-refractivity contribution in [2.24, 2.45) is 5.92 Å². The van der Waals surface area contributed by atoms with Crippen molar-refractivity contribution in [1.29, 1.82) is 0 Å². The van der Waals surface area contributed by atoms with Gasteiger partial charge in [0.1, 0.15) is 0 Å². The molecule has 0 bridgehead atoms. The van der Waals surface area contributed by atoms with Crippen molar-refractivity contribution in [3.8, 4) is 0 Å². The van der Waals surface area contributed by atoms with Crippen LogP contribution in [0.5, 0.6) is 0 Å². The number of carboxylic acid groups (broad SMARTS) is 1. The average Bonchev–Trinajstić information content (AvgIpc) is 2.26. The Morgan fingerprint density at radius 3 is 2.21 bits per heavy atom. The number of rotatable bonds is 5. The molecule has 0 saturated carbocycles. The SMILES string of the molecule is Cc1cc(C)c(CNC(=O)C(C)CC(=O)O)c(C)c1. The molecule has 0 radical (unpaired) electrons. The molecule has 0 aromatic heterocycles. The normalized spacial score (nSPS) is 12.0. The highest BCUT2D eigenvalue weighted by Crippen LogP contribution is 2.16. The van der Waals surface area contributed by atoms with Gasteiger partial charge in [0.25, 0.3) is 0 Å². The van der Waals surface area contributed by atoms with E-state index in [-0.39, 0.29) is 12.3 Å². The van der Waals surface area contributed by atoms with Crippen LogP contribution in [0.3, 0.4) is 0 Å². The second-order valence-electron chi connectivity index (χ2n) is 5.09. The first-order chi connectivity index (χ1) is 8.81. The summed E-state index contributed by atoms with van der Waals surface area (Å²) >= 11 is 0. The lowest BCUT2D eigenvalue weighted by Gasteiger charge is -2.14. The van der Waals surface area contributed by atoms with Gasteiger partial charge in [0.05, 0.1) is 6.42 Å². The molecule has 0 fully saturated rings. The number of carbonyl (C=O) groups is 2. The number of hydrogen-bond donors (Lipinski definition) is 2. The Bertz CT molecular complexity index is 471. The van der Waals surface area contributed by atoms with Crippen molar-refractivity contribution in [3.05, 3.63) is 34.4 Å². The number of nitrogens with one attached hydrogen (secondary N) is 1. The lowest BCUT2D eigenvalue weighted by atomic mass is 9.99. The summed E-state index contributed by atoms with van der Waals surface area (Å²) in [6.07, 6.45) is -0.141. The van der Waals surface area contributed by atoms with E-state index in [1.165, 1.54) is 5.56 Å². The van der Waals surface area contributed by atoms with E-state index in [0.717, 1.165) is 16.7 Å². The summed E-state index contributed by atoms with van der Waals surface area (Å²) in [5.74, 6) is -1.68. The fourth-order valence-electron chi connectivity index (χ4n) is 2.19. The Balaban J connectivity index is 2.67. The molecule has 0 aliphatic carbocycles. The molecule has 0 saturated heterocycles. The summed E-state index contributed by atoms with van der Waals surface area (Å²) in [7, 11) is 0. The second-order valence-corrected chi connectivity index (χ2v) is 5.09. The number of amides is 1. The number of carboxylic acids is 1. The average molecular weight is 263 g/mol. The lowest BCUT2D eigenvalue weighted by Crippen LogP contribution is -2.30. The molecule has 0 aliphatic rings. The summed E-state index contributed by atoms with van der Waals surface area (Å²) in [6.45, 7) is 8.14. The molecule has 1 rings (SSSR count). The Morgan fingerprint density at radius 1 is 1.21 bits per heavy atom. The molecule has 1 aromatic carbocycles. The Kier molecular flexibility index (Phi) is 5.10. The minimum Gasteiger partial charge on any atom is -0.481 e. The maximum absolute atomic E-state index is 11.8. The van der Waals surface area contributed by atoms with Gasteiger partial charge in [-0.3, -0.25) is 9.59 Å². The summed E-state index contributed by atoms with van der Waals surface area (Å²) in [4.78, 5) is 22.3. The molecule has 0 spiro atoms. The summed E-state index contributed by atoms with van der Waals surface area (Å²) < 4.78 is 0. The van der Waals surface area contributed by atoms with Crippen LogP contribution >= 0.6 is 0 Å². The van der Waals surface area contributed by atoms with Gasteiger partial charge < -0.3 is 10.4 Å². The third-order valence-electron chi connectivity index (χ3n) is 3.21. The van der Waals surface area contributed by atoms with Crippen LogP contribution in [0.1, 0.15) is 35.6 Å². The molecule has 19 heavy (non-hydrogen) atoms. The zero-order valence-corrected chi connectivity index (χ0v) is 11.9. The molecule has 0 aliphatic heterocycles. The van der Waals surface area contributed by atoms with Crippen molar-refractivity contribution >= 4 is 11.9 Å². The summed E-state index contributed by atoms with van der Waals surface area (Å²) in [5.41, 5.74) is 4.58. The van der Waals surface area contributed by atoms with E-state index >= 15 is 0 Å². The molecule has 4 heteroatoms. The van der Waals surface area contributed by atoms with Crippen LogP contribution in [0.2, 0.25) is 0 Å². The van der Waals surface area contributed by atoms with Gasteiger partial charge in [0.2, 0.25) is 5.91 Å². The highest BCUT2D eigenvalue weighted by Gasteiger charge is 2.16. The van der Waals surface area contributed by atoms with E-state index in [4.69, 9.17) is 5.11 Å². The Morgan fingerprint density at radius 2 is 1.74 bits per heavy atom. The van der Waals surface area contributed by atoms with Gasteiger partial charge in [-0.2, -0.15) is 0 Å². The maximum atomic E-state index is 11.8. The van der Waals surface area contributed by atoms with Gasteiger partial charge in [-0.05, 0) is 37.5 Å². The molecular formula is C15H21NO3. The molecule has 0 heterocycles. The first kappa shape index (κ1) is 15.2. The largest absolute Gasteiger partial charge is 0.481 e. The van der Waals surface area contributed by atoms with E-state index in [1.807, 2.05) is 20.8 Å². The highest BCUT2D eigenvalue weighted by atomic mass is 16.4. The monoisotopic (exact) mass is 263 g/mol. The van der Waals surface area contributed by atoms with Crippen LogP contribution in [-0.2, 0) is 16.1 Å². The number of carbonyl (C=O) groups excluding carboxylic acids is 1. The quantitative estimate of drug-likeness (QED) is 0.857. The number of aliphatic carboxylic acids is 1. The predicted molar refractivity (Wildman–Crippen MR) is 73.9 cm³/mol. The summed E-state index contributed by atoms with van der Waals surface area (Å²) in [5, 5.41) is 11.5. The number of hydrogen-bond acceptors (Lipinski definition) is 2. The molecule has 1 amide bonds. The topological polar surface area (TPSA) is 66.4 Å². The van der Waals surface area contributed by atoms with Crippen molar-refractivity contribution < 1.29 is 14.7 Å². The molecule has 1 aromatic rings. The highest BCUT2D eigenvalue weighted by molar-refractivity contribution is 5.82. The van der Waals surface area contributed by atoms with Gasteiger partial charge in [-0.25, -0.2) is 0 Å². The second kappa shape index (κ2) is 6.36. The third-order valence-corrected chi connectivity index (χ3v) is 3.21. The third kappa shape index (κ3) is 4.39. The first-order valence-corrected chi connectivity index (χ1v) is 6.37. The van der Waals surface area contributed by atoms with E-state index in [1.54, 1.807) is 6.92 Å². The van der Waals surface area contributed by atoms with Crippen LogP contribution in [0.15, 0.2) is 12.1 Å². The molecular weight excluding hydrogens is 242 g/mol. The molecule has 1 atom stereocenters. The van der Waals surface area contributed by atoms with Crippen LogP contribution < -0.4 is 5.32 Å². The van der Waals surface area contributed by atoms with Gasteiger partial charge in [-0.1, -0.05) is 24.6 Å². The smallest absolute Gasteiger partial charge is 0.304 e. The lowest BCUT2D eigenvalue weighted by molar-refractivity contribution is -0.140. The fraction of sp³-hybridized carbons (Fsp3) is 0.467. The van der Waals surface area contributed by atoms with Gasteiger partial charge in [0, 0.05) is 12.5 Å². The number of aryl methyl sites for hydroxylation is 3. The first-order valence-electron chi connectivity index (χ1n) is 6.37. The molecule has 4 nitrogen and oxygen atoms in total. The Labute approximate surface area is 113 Å². The van der Waals surface area contributed by atoms with Crippen LogP contribution in [0, 0.1) is 26.7 Å². The standard InChI is InChI=1S/C15H21NO3/c1-9-5-10(2)13(11(3)6-9)8-16-15(19)12(4)7-14(17)18/h5-6,12H,7-8H2,1-4H3,(H,16,19)(H,17,18). The van der Waals surface area contributed by atoms with Gasteiger partial charge in [0.15, 0.2) is 0 Å². The van der Waals surface area contributed by atoms with E-state index < -0.39 is 11.9 Å². The van der Waals surface area contributed by atoms with Crippen molar-refractivity contribution in [1.82, 2.24) is 5.32 Å².